The Morgan fingerprint density at radius 3 is 2.50 bits per heavy atom. The number of anilines is 1. The van der Waals surface area contributed by atoms with Crippen LogP contribution in [0.25, 0.3) is 0 Å². The number of carboxylic acid groups (broad SMARTS) is 1. The summed E-state index contributed by atoms with van der Waals surface area (Å²) in [5.74, 6) is -1.76. The second-order valence-electron chi connectivity index (χ2n) is 4.23. The number of hydrogen-bond acceptors (Lipinski definition) is 3. The van der Waals surface area contributed by atoms with E-state index in [0.717, 1.165) is 0 Å². The van der Waals surface area contributed by atoms with Crippen molar-refractivity contribution in [2.75, 3.05) is 5.73 Å². The van der Waals surface area contributed by atoms with Gasteiger partial charge in [-0.2, -0.15) is 0 Å². The highest BCUT2D eigenvalue weighted by atomic mass is 79.9. The van der Waals surface area contributed by atoms with Crippen molar-refractivity contribution >= 4 is 33.5 Å². The fourth-order valence-electron chi connectivity index (χ4n) is 1.47. The average molecular weight is 315 g/mol. The highest BCUT2D eigenvalue weighted by Crippen LogP contribution is 2.23. The summed E-state index contributed by atoms with van der Waals surface area (Å²) in [6.07, 6.45) is 0. The topological polar surface area (TPSA) is 92.4 Å². The van der Waals surface area contributed by atoms with Gasteiger partial charge in [0, 0.05) is 4.47 Å². The quantitative estimate of drug-likeness (QED) is 0.740. The third kappa shape index (κ3) is 3.22. The number of carboxylic acids is 1. The molecule has 0 radical (unpaired) electrons. The van der Waals surface area contributed by atoms with Gasteiger partial charge >= 0.3 is 5.97 Å². The van der Waals surface area contributed by atoms with Crippen LogP contribution in [0.15, 0.2) is 22.7 Å². The number of carbonyl (C=O) groups is 2. The molecule has 0 aliphatic rings. The second kappa shape index (κ2) is 5.86. The fraction of sp³-hybridized carbons (Fsp3) is 0.333. The first kappa shape index (κ1) is 14.5. The first-order valence-corrected chi connectivity index (χ1v) is 6.21. The van der Waals surface area contributed by atoms with Crippen molar-refractivity contribution in [1.29, 1.82) is 0 Å². The zero-order valence-electron chi connectivity index (χ0n) is 10.1. The van der Waals surface area contributed by atoms with Gasteiger partial charge in [0.15, 0.2) is 0 Å². The van der Waals surface area contributed by atoms with Crippen LogP contribution in [-0.4, -0.2) is 23.0 Å². The van der Waals surface area contributed by atoms with Gasteiger partial charge in [-0.25, -0.2) is 4.79 Å². The minimum absolute atomic E-state index is 0.208. The number of nitrogens with one attached hydrogen (secondary N) is 1. The number of rotatable bonds is 4. The Hall–Kier alpha value is -1.56. The summed E-state index contributed by atoms with van der Waals surface area (Å²) in [7, 11) is 0. The molecule has 0 bridgehead atoms. The van der Waals surface area contributed by atoms with Crippen LogP contribution in [0.5, 0.6) is 0 Å². The van der Waals surface area contributed by atoms with Crippen LogP contribution >= 0.6 is 15.9 Å². The minimum Gasteiger partial charge on any atom is -0.480 e. The summed E-state index contributed by atoms with van der Waals surface area (Å²) in [6, 6.07) is 3.99. The van der Waals surface area contributed by atoms with Crippen LogP contribution < -0.4 is 11.1 Å². The van der Waals surface area contributed by atoms with Gasteiger partial charge in [0.2, 0.25) is 0 Å². The van der Waals surface area contributed by atoms with Crippen LogP contribution in [0.2, 0.25) is 0 Å². The molecule has 0 saturated carbocycles. The summed E-state index contributed by atoms with van der Waals surface area (Å²) in [5.41, 5.74) is 6.31. The Morgan fingerprint density at radius 1 is 1.39 bits per heavy atom. The number of halogens is 1. The largest absolute Gasteiger partial charge is 0.480 e. The van der Waals surface area contributed by atoms with Crippen molar-refractivity contribution in [3.8, 4) is 0 Å². The summed E-state index contributed by atoms with van der Waals surface area (Å²) >= 11 is 3.22. The molecule has 1 aromatic rings. The lowest BCUT2D eigenvalue weighted by Crippen LogP contribution is -2.44. The molecule has 5 nitrogen and oxygen atoms in total. The molecule has 6 heteroatoms. The number of benzene rings is 1. The van der Waals surface area contributed by atoms with E-state index in [-0.39, 0.29) is 11.5 Å². The monoisotopic (exact) mass is 314 g/mol. The van der Waals surface area contributed by atoms with Gasteiger partial charge in [-0.1, -0.05) is 19.9 Å². The fourth-order valence-corrected chi connectivity index (χ4v) is 1.83. The maximum Gasteiger partial charge on any atom is 0.326 e. The standard InChI is InChI=1S/C12H15BrN2O3/c1-6(2)10(12(17)18)15-11(16)7-4-3-5-8(13)9(7)14/h3-6,10H,14H2,1-2H3,(H,15,16)(H,17,18). The Bertz CT molecular complexity index is 474. The molecule has 0 saturated heterocycles. The number of nitrogens with two attached hydrogens (primary N) is 1. The molecule has 18 heavy (non-hydrogen) atoms. The van der Waals surface area contributed by atoms with E-state index < -0.39 is 17.9 Å². The molecule has 4 N–H and O–H groups in total. The van der Waals surface area contributed by atoms with Gasteiger partial charge in [0.25, 0.3) is 5.91 Å². The predicted molar refractivity (Wildman–Crippen MR) is 72.3 cm³/mol. The van der Waals surface area contributed by atoms with Crippen LogP contribution in [0, 0.1) is 5.92 Å². The van der Waals surface area contributed by atoms with E-state index in [2.05, 4.69) is 21.2 Å². The molecular weight excluding hydrogens is 300 g/mol. The smallest absolute Gasteiger partial charge is 0.326 e. The van der Waals surface area contributed by atoms with E-state index in [9.17, 15) is 9.59 Å². The Balaban J connectivity index is 2.94. The van der Waals surface area contributed by atoms with E-state index >= 15 is 0 Å². The van der Waals surface area contributed by atoms with E-state index in [1.807, 2.05) is 0 Å². The number of carbonyl (C=O) groups excluding carboxylic acids is 1. The third-order valence-electron chi connectivity index (χ3n) is 2.52. The molecule has 0 aliphatic heterocycles. The first-order valence-electron chi connectivity index (χ1n) is 5.42. The van der Waals surface area contributed by atoms with Crippen LogP contribution in [0.1, 0.15) is 24.2 Å². The summed E-state index contributed by atoms with van der Waals surface area (Å²) < 4.78 is 0.603. The van der Waals surface area contributed by atoms with Crippen molar-refractivity contribution in [1.82, 2.24) is 5.32 Å². The van der Waals surface area contributed by atoms with Crippen molar-refractivity contribution in [3.63, 3.8) is 0 Å². The molecule has 0 aliphatic carbocycles. The lowest BCUT2D eigenvalue weighted by atomic mass is 10.0. The molecule has 1 unspecified atom stereocenters. The van der Waals surface area contributed by atoms with Gasteiger partial charge in [0.1, 0.15) is 6.04 Å². The van der Waals surface area contributed by atoms with E-state index in [1.54, 1.807) is 32.0 Å². The van der Waals surface area contributed by atoms with Crippen molar-refractivity contribution in [2.45, 2.75) is 19.9 Å². The first-order chi connectivity index (χ1) is 8.34. The van der Waals surface area contributed by atoms with E-state index in [4.69, 9.17) is 10.8 Å². The average Bonchev–Trinajstić information content (AvgIpc) is 2.28. The van der Waals surface area contributed by atoms with Crippen molar-refractivity contribution < 1.29 is 14.7 Å². The van der Waals surface area contributed by atoms with Gasteiger partial charge in [-0.15, -0.1) is 0 Å². The molecule has 1 aromatic carbocycles. The third-order valence-corrected chi connectivity index (χ3v) is 3.21. The van der Waals surface area contributed by atoms with Gasteiger partial charge in [-0.05, 0) is 34.0 Å². The van der Waals surface area contributed by atoms with Crippen molar-refractivity contribution in [2.24, 2.45) is 5.92 Å². The summed E-state index contributed by atoms with van der Waals surface area (Å²) in [4.78, 5) is 23.0. The molecule has 0 heterocycles. The van der Waals surface area contributed by atoms with E-state index in [0.29, 0.717) is 10.2 Å². The Labute approximate surface area is 113 Å². The number of aliphatic carboxylic acids is 1. The van der Waals surface area contributed by atoms with Gasteiger partial charge in [-0.3, -0.25) is 4.79 Å². The van der Waals surface area contributed by atoms with Gasteiger partial charge in [0.05, 0.1) is 11.3 Å². The Morgan fingerprint density at radius 2 is 2.00 bits per heavy atom. The summed E-state index contributed by atoms with van der Waals surface area (Å²) in [5, 5.41) is 11.5. The van der Waals surface area contributed by atoms with Gasteiger partial charge < -0.3 is 16.2 Å². The molecule has 0 spiro atoms. The number of para-hydroxylation sites is 1. The Kier molecular flexibility index (Phi) is 4.72. The highest BCUT2D eigenvalue weighted by molar-refractivity contribution is 9.10. The number of hydrogen-bond donors (Lipinski definition) is 3. The predicted octanol–water partition coefficient (Wildman–Crippen LogP) is 1.87. The van der Waals surface area contributed by atoms with Crippen LogP contribution in [0.3, 0.4) is 0 Å². The van der Waals surface area contributed by atoms with Crippen LogP contribution in [-0.2, 0) is 4.79 Å². The molecule has 1 rings (SSSR count). The van der Waals surface area contributed by atoms with E-state index in [1.165, 1.54) is 0 Å². The maximum absolute atomic E-state index is 12.0. The molecule has 1 atom stereocenters. The lowest BCUT2D eigenvalue weighted by molar-refractivity contribution is -0.140. The maximum atomic E-state index is 12.0. The summed E-state index contributed by atoms with van der Waals surface area (Å²) in [6.45, 7) is 3.45. The van der Waals surface area contributed by atoms with Crippen molar-refractivity contribution in [3.05, 3.63) is 28.2 Å². The zero-order chi connectivity index (χ0) is 13.9. The minimum atomic E-state index is -1.06. The second-order valence-corrected chi connectivity index (χ2v) is 5.09. The molecule has 98 valence electrons. The van der Waals surface area contributed by atoms with Crippen LogP contribution in [0.4, 0.5) is 5.69 Å². The normalized spacial score (nSPS) is 12.2. The molecular formula is C12H15BrN2O3. The lowest BCUT2D eigenvalue weighted by Gasteiger charge is -2.18. The molecule has 1 amide bonds. The highest BCUT2D eigenvalue weighted by Gasteiger charge is 2.24. The number of amides is 1. The number of nitrogen functional groups attached to an aromatic ring is 1. The SMILES string of the molecule is CC(C)C(NC(=O)c1cccc(Br)c1N)C(=O)O. The molecule has 0 fully saturated rings. The zero-order valence-corrected chi connectivity index (χ0v) is 11.7. The molecule has 0 aromatic heterocycles.